The molecule has 2 aromatic rings. The molecule has 1 aromatic carbocycles. The van der Waals surface area contributed by atoms with Crippen molar-refractivity contribution in [3.8, 4) is 0 Å². The van der Waals surface area contributed by atoms with Crippen molar-refractivity contribution in [2.75, 3.05) is 6.54 Å². The van der Waals surface area contributed by atoms with E-state index in [0.29, 0.717) is 0 Å². The fraction of sp³-hybridized carbons (Fsp3) is 0.286. The molecule has 0 aliphatic rings. The maximum atomic E-state index is 3.35. The second-order valence-corrected chi connectivity index (χ2v) is 5.68. The van der Waals surface area contributed by atoms with Gasteiger partial charge < -0.3 is 5.32 Å². The minimum atomic E-state index is 0.962. The zero-order valence-corrected chi connectivity index (χ0v) is 11.6. The standard InChI is InChI=1S/C14H17NS2/c1-2-15-9-12-4-3-5-14(8-12)17-11-13-6-7-16-10-13/h3-8,10,15H,2,9,11H2,1H3. The molecular formula is C14H17NS2. The summed E-state index contributed by atoms with van der Waals surface area (Å²) in [6.45, 7) is 4.12. The summed E-state index contributed by atoms with van der Waals surface area (Å²) >= 11 is 3.67. The van der Waals surface area contributed by atoms with E-state index < -0.39 is 0 Å². The van der Waals surface area contributed by atoms with Crippen molar-refractivity contribution in [3.63, 3.8) is 0 Å². The Bertz CT molecular complexity index is 437. The van der Waals surface area contributed by atoms with E-state index in [2.05, 4.69) is 53.3 Å². The maximum absolute atomic E-state index is 3.35. The quantitative estimate of drug-likeness (QED) is 0.786. The molecule has 2 rings (SSSR count). The van der Waals surface area contributed by atoms with Crippen LogP contribution in [0.2, 0.25) is 0 Å². The molecule has 90 valence electrons. The van der Waals surface area contributed by atoms with Crippen molar-refractivity contribution in [2.45, 2.75) is 24.1 Å². The maximum Gasteiger partial charge on any atom is 0.0240 e. The van der Waals surface area contributed by atoms with Crippen LogP contribution in [0.4, 0.5) is 0 Å². The highest BCUT2D eigenvalue weighted by atomic mass is 32.2. The minimum absolute atomic E-state index is 0.962. The molecule has 0 unspecified atom stereocenters. The third-order valence-corrected chi connectivity index (χ3v) is 4.26. The van der Waals surface area contributed by atoms with Crippen LogP contribution in [0.15, 0.2) is 46.0 Å². The summed E-state index contributed by atoms with van der Waals surface area (Å²) in [7, 11) is 0. The monoisotopic (exact) mass is 263 g/mol. The summed E-state index contributed by atoms with van der Waals surface area (Å²) in [6, 6.07) is 11.0. The molecule has 0 saturated carbocycles. The van der Waals surface area contributed by atoms with Crippen LogP contribution in [0.25, 0.3) is 0 Å². The van der Waals surface area contributed by atoms with Gasteiger partial charge in [0.1, 0.15) is 0 Å². The first kappa shape index (κ1) is 12.7. The number of rotatable bonds is 6. The van der Waals surface area contributed by atoms with Crippen molar-refractivity contribution >= 4 is 23.1 Å². The third kappa shape index (κ3) is 4.19. The molecule has 0 bridgehead atoms. The molecule has 0 atom stereocenters. The van der Waals surface area contributed by atoms with Gasteiger partial charge in [-0.1, -0.05) is 19.1 Å². The molecule has 0 radical (unpaired) electrons. The highest BCUT2D eigenvalue weighted by molar-refractivity contribution is 7.98. The van der Waals surface area contributed by atoms with Gasteiger partial charge in [-0.15, -0.1) is 11.8 Å². The lowest BCUT2D eigenvalue weighted by atomic mass is 10.2. The van der Waals surface area contributed by atoms with Crippen LogP contribution in [-0.2, 0) is 12.3 Å². The SMILES string of the molecule is CCNCc1cccc(SCc2ccsc2)c1. The summed E-state index contributed by atoms with van der Waals surface area (Å²) in [5.74, 6) is 1.06. The Hall–Kier alpha value is -0.770. The van der Waals surface area contributed by atoms with Gasteiger partial charge in [0.15, 0.2) is 0 Å². The number of hydrogen-bond acceptors (Lipinski definition) is 3. The summed E-state index contributed by atoms with van der Waals surface area (Å²) < 4.78 is 0. The number of thioether (sulfide) groups is 1. The van der Waals surface area contributed by atoms with E-state index in [1.54, 1.807) is 11.3 Å². The van der Waals surface area contributed by atoms with Gasteiger partial charge in [-0.3, -0.25) is 0 Å². The minimum Gasteiger partial charge on any atom is -0.313 e. The Kier molecular flexibility index (Phi) is 5.10. The molecule has 0 fully saturated rings. The van der Waals surface area contributed by atoms with Crippen molar-refractivity contribution in [2.24, 2.45) is 0 Å². The van der Waals surface area contributed by atoms with Gasteiger partial charge in [0.25, 0.3) is 0 Å². The smallest absolute Gasteiger partial charge is 0.0240 e. The number of benzene rings is 1. The normalized spacial score (nSPS) is 10.6. The summed E-state index contributed by atoms with van der Waals surface area (Å²) in [5, 5.41) is 7.71. The fourth-order valence-electron chi connectivity index (χ4n) is 1.56. The molecule has 3 heteroatoms. The first-order valence-corrected chi connectivity index (χ1v) is 7.75. The van der Waals surface area contributed by atoms with Crippen LogP contribution in [0.1, 0.15) is 18.1 Å². The summed E-state index contributed by atoms with van der Waals surface area (Å²) in [6.07, 6.45) is 0. The number of hydrogen-bond donors (Lipinski definition) is 1. The first-order valence-electron chi connectivity index (χ1n) is 5.82. The average molecular weight is 263 g/mol. The molecular weight excluding hydrogens is 246 g/mol. The van der Waals surface area contributed by atoms with Gasteiger partial charge in [-0.05, 0) is 46.6 Å². The summed E-state index contributed by atoms with van der Waals surface area (Å²) in [5.41, 5.74) is 2.78. The lowest BCUT2D eigenvalue weighted by molar-refractivity contribution is 0.725. The predicted molar refractivity (Wildman–Crippen MR) is 77.7 cm³/mol. The van der Waals surface area contributed by atoms with Crippen LogP contribution in [0.5, 0.6) is 0 Å². The van der Waals surface area contributed by atoms with Crippen LogP contribution >= 0.6 is 23.1 Å². The van der Waals surface area contributed by atoms with E-state index in [-0.39, 0.29) is 0 Å². The first-order chi connectivity index (χ1) is 8.38. The van der Waals surface area contributed by atoms with Gasteiger partial charge >= 0.3 is 0 Å². The number of nitrogens with one attached hydrogen (secondary N) is 1. The molecule has 1 nitrogen and oxygen atoms in total. The van der Waals surface area contributed by atoms with E-state index in [0.717, 1.165) is 18.8 Å². The molecule has 0 aliphatic carbocycles. The Morgan fingerprint density at radius 2 is 2.18 bits per heavy atom. The van der Waals surface area contributed by atoms with Gasteiger partial charge in [0.05, 0.1) is 0 Å². The molecule has 17 heavy (non-hydrogen) atoms. The molecule has 0 aliphatic heterocycles. The molecule has 1 N–H and O–H groups in total. The second-order valence-electron chi connectivity index (χ2n) is 3.85. The predicted octanol–water partition coefficient (Wildman–Crippen LogP) is 4.15. The van der Waals surface area contributed by atoms with Gasteiger partial charge in [-0.25, -0.2) is 0 Å². The van der Waals surface area contributed by atoms with E-state index >= 15 is 0 Å². The van der Waals surface area contributed by atoms with Crippen molar-refractivity contribution in [1.29, 1.82) is 0 Å². The van der Waals surface area contributed by atoms with Crippen molar-refractivity contribution < 1.29 is 0 Å². The average Bonchev–Trinajstić information content (AvgIpc) is 2.87. The van der Waals surface area contributed by atoms with E-state index in [9.17, 15) is 0 Å². The van der Waals surface area contributed by atoms with Crippen molar-refractivity contribution in [3.05, 3.63) is 52.2 Å². The number of thiophene rings is 1. The molecule has 0 amide bonds. The molecule has 0 saturated heterocycles. The molecule has 0 spiro atoms. The van der Waals surface area contributed by atoms with Crippen LogP contribution in [0.3, 0.4) is 0 Å². The zero-order chi connectivity index (χ0) is 11.9. The fourth-order valence-corrected chi connectivity index (χ4v) is 3.25. The van der Waals surface area contributed by atoms with E-state index in [4.69, 9.17) is 0 Å². The Balaban J connectivity index is 1.91. The van der Waals surface area contributed by atoms with E-state index in [1.807, 2.05) is 11.8 Å². The molecule has 1 heterocycles. The largest absolute Gasteiger partial charge is 0.313 e. The van der Waals surface area contributed by atoms with Gasteiger partial charge in [0, 0.05) is 17.2 Å². The third-order valence-electron chi connectivity index (χ3n) is 2.46. The Morgan fingerprint density at radius 1 is 1.24 bits per heavy atom. The highest BCUT2D eigenvalue weighted by Crippen LogP contribution is 2.24. The van der Waals surface area contributed by atoms with Crippen LogP contribution in [0, 0.1) is 0 Å². The summed E-state index contributed by atoms with van der Waals surface area (Å²) in [4.78, 5) is 1.35. The highest BCUT2D eigenvalue weighted by Gasteiger charge is 1.98. The van der Waals surface area contributed by atoms with Crippen LogP contribution < -0.4 is 5.32 Å². The van der Waals surface area contributed by atoms with Gasteiger partial charge in [0.2, 0.25) is 0 Å². The lowest BCUT2D eigenvalue weighted by Gasteiger charge is -2.05. The Morgan fingerprint density at radius 3 is 2.94 bits per heavy atom. The zero-order valence-electron chi connectivity index (χ0n) is 9.98. The lowest BCUT2D eigenvalue weighted by Crippen LogP contribution is -2.11. The molecule has 1 aromatic heterocycles. The Labute approximate surface area is 111 Å². The van der Waals surface area contributed by atoms with Crippen molar-refractivity contribution in [1.82, 2.24) is 5.32 Å². The van der Waals surface area contributed by atoms with Crippen LogP contribution in [-0.4, -0.2) is 6.54 Å². The van der Waals surface area contributed by atoms with E-state index in [1.165, 1.54) is 16.0 Å². The van der Waals surface area contributed by atoms with Gasteiger partial charge in [-0.2, -0.15) is 11.3 Å². The topological polar surface area (TPSA) is 12.0 Å². The second kappa shape index (κ2) is 6.84.